The van der Waals surface area contributed by atoms with Crippen LogP contribution in [0.2, 0.25) is 0 Å². The molecule has 86 valence electrons. The average Bonchev–Trinajstić information content (AvgIpc) is 2.19. The molecule has 3 aliphatic heterocycles. The summed E-state index contributed by atoms with van der Waals surface area (Å²) in [4.78, 5) is 0. The van der Waals surface area contributed by atoms with Gasteiger partial charge in [0.15, 0.2) is 6.29 Å². The highest BCUT2D eigenvalue weighted by Gasteiger charge is 2.63. The van der Waals surface area contributed by atoms with E-state index in [4.69, 9.17) is 9.47 Å². The molecule has 0 aromatic heterocycles. The average molecular weight is 214 g/mol. The van der Waals surface area contributed by atoms with Crippen molar-refractivity contribution in [2.24, 2.45) is 5.92 Å². The van der Waals surface area contributed by atoms with Crippen molar-refractivity contribution in [1.29, 1.82) is 0 Å². The van der Waals surface area contributed by atoms with E-state index in [1.165, 1.54) is 0 Å². The number of aliphatic hydroxyl groups is 2. The van der Waals surface area contributed by atoms with Crippen LogP contribution in [0, 0.1) is 5.92 Å². The van der Waals surface area contributed by atoms with Crippen molar-refractivity contribution < 1.29 is 19.7 Å². The summed E-state index contributed by atoms with van der Waals surface area (Å²) in [5, 5.41) is 20.5. The molecule has 4 rings (SSSR count). The zero-order valence-electron chi connectivity index (χ0n) is 8.93. The predicted octanol–water partition coefficient (Wildman–Crippen LogP) is 0.412. The summed E-state index contributed by atoms with van der Waals surface area (Å²) in [5.41, 5.74) is -1.16. The Morgan fingerprint density at radius 3 is 2.87 bits per heavy atom. The quantitative estimate of drug-likeness (QED) is 0.664. The molecule has 4 heteroatoms. The van der Waals surface area contributed by atoms with Crippen LogP contribution in [0.15, 0.2) is 0 Å². The molecule has 3 saturated heterocycles. The lowest BCUT2D eigenvalue weighted by Gasteiger charge is -2.60. The van der Waals surface area contributed by atoms with E-state index in [1.807, 2.05) is 0 Å². The van der Waals surface area contributed by atoms with E-state index in [0.29, 0.717) is 12.3 Å². The zero-order valence-corrected chi connectivity index (χ0v) is 8.93. The summed E-state index contributed by atoms with van der Waals surface area (Å²) in [5.74, 6) is 0.354. The molecule has 0 radical (unpaired) electrons. The first kappa shape index (κ1) is 10.0. The molecule has 4 fully saturated rings. The van der Waals surface area contributed by atoms with Gasteiger partial charge < -0.3 is 19.7 Å². The number of aliphatic hydroxyl groups excluding tert-OH is 1. The number of ether oxygens (including phenoxy) is 2. The number of hydrogen-bond donors (Lipinski definition) is 2. The highest BCUT2D eigenvalue weighted by atomic mass is 16.7. The molecule has 4 aliphatic rings. The van der Waals surface area contributed by atoms with Gasteiger partial charge in [0, 0.05) is 6.42 Å². The van der Waals surface area contributed by atoms with Crippen LogP contribution in [-0.2, 0) is 9.47 Å². The molecule has 6 atom stereocenters. The first-order valence-corrected chi connectivity index (χ1v) is 5.87. The molecule has 4 nitrogen and oxygen atoms in total. The summed E-state index contributed by atoms with van der Waals surface area (Å²) in [6, 6.07) is 0. The molecule has 0 spiro atoms. The Hall–Kier alpha value is -0.160. The molecule has 3 heterocycles. The lowest BCUT2D eigenvalue weighted by Crippen LogP contribution is -2.74. The van der Waals surface area contributed by atoms with Crippen molar-refractivity contribution in [1.82, 2.24) is 0 Å². The molecule has 0 amide bonds. The van der Waals surface area contributed by atoms with Gasteiger partial charge in [0.25, 0.3) is 0 Å². The van der Waals surface area contributed by atoms with Crippen molar-refractivity contribution in [3.05, 3.63) is 0 Å². The van der Waals surface area contributed by atoms with Gasteiger partial charge >= 0.3 is 0 Å². The van der Waals surface area contributed by atoms with Crippen LogP contribution in [0.4, 0.5) is 0 Å². The first-order chi connectivity index (χ1) is 7.16. The Kier molecular flexibility index (Phi) is 2.12. The third-order valence-electron chi connectivity index (χ3n) is 4.29. The van der Waals surface area contributed by atoms with Crippen LogP contribution in [-0.4, -0.2) is 40.4 Å². The van der Waals surface area contributed by atoms with Gasteiger partial charge in [0.2, 0.25) is 0 Å². The van der Waals surface area contributed by atoms with Gasteiger partial charge in [-0.05, 0) is 18.8 Å². The summed E-state index contributed by atoms with van der Waals surface area (Å²) in [7, 11) is 0. The van der Waals surface area contributed by atoms with Crippen LogP contribution < -0.4 is 0 Å². The summed E-state index contributed by atoms with van der Waals surface area (Å²) in [6.45, 7) is 2.10. The number of fused-ring (bicyclic) bond motifs is 1. The Morgan fingerprint density at radius 2 is 2.13 bits per heavy atom. The minimum absolute atomic E-state index is 0.229. The van der Waals surface area contributed by atoms with Crippen molar-refractivity contribution in [2.75, 3.05) is 0 Å². The van der Waals surface area contributed by atoms with E-state index < -0.39 is 11.7 Å². The van der Waals surface area contributed by atoms with Gasteiger partial charge in [-0.25, -0.2) is 0 Å². The molecule has 0 aromatic carbocycles. The molecular weight excluding hydrogens is 196 g/mol. The molecule has 0 unspecified atom stereocenters. The van der Waals surface area contributed by atoms with Crippen molar-refractivity contribution in [2.45, 2.75) is 62.8 Å². The van der Waals surface area contributed by atoms with E-state index in [0.717, 1.165) is 19.3 Å². The van der Waals surface area contributed by atoms with E-state index >= 15 is 0 Å². The van der Waals surface area contributed by atoms with E-state index in [2.05, 4.69) is 6.92 Å². The smallest absolute Gasteiger partial charge is 0.161 e. The second kappa shape index (κ2) is 3.17. The van der Waals surface area contributed by atoms with Gasteiger partial charge in [-0.1, -0.05) is 13.3 Å². The number of rotatable bonds is 1. The highest BCUT2D eigenvalue weighted by Crippen LogP contribution is 2.49. The maximum absolute atomic E-state index is 10.6. The second-order valence-corrected chi connectivity index (χ2v) is 5.00. The van der Waals surface area contributed by atoms with Gasteiger partial charge in [-0.3, -0.25) is 0 Å². The maximum atomic E-state index is 10.6. The third-order valence-corrected chi connectivity index (χ3v) is 4.29. The lowest BCUT2D eigenvalue weighted by molar-refractivity contribution is -0.404. The van der Waals surface area contributed by atoms with Crippen LogP contribution in [0.1, 0.15) is 32.6 Å². The lowest BCUT2D eigenvalue weighted by atomic mass is 9.66. The SMILES string of the molecule is CC[C@@H]1CC[C@@H]2O[C@@H]3C[C@H](O)[C@]2(O)[C@@H]1O3. The fourth-order valence-corrected chi connectivity index (χ4v) is 3.39. The normalized spacial score (nSPS) is 58.2. The van der Waals surface area contributed by atoms with E-state index in [1.54, 1.807) is 0 Å². The van der Waals surface area contributed by atoms with Gasteiger partial charge in [-0.15, -0.1) is 0 Å². The Bertz CT molecular complexity index is 269. The van der Waals surface area contributed by atoms with E-state index in [9.17, 15) is 10.2 Å². The van der Waals surface area contributed by atoms with Crippen LogP contribution in [0.25, 0.3) is 0 Å². The van der Waals surface area contributed by atoms with Gasteiger partial charge in [0.1, 0.15) is 5.60 Å². The standard InChI is InChI=1S/C11H18O4/c1-2-6-3-4-8-11(13)7(12)5-9(14-8)15-10(6)11/h6-10,12-13H,2-5H2,1H3/t6-,7+,8+,9+,10-,11-/m1/s1. The minimum atomic E-state index is -1.16. The highest BCUT2D eigenvalue weighted by molar-refractivity contribution is 5.11. The van der Waals surface area contributed by atoms with Crippen molar-refractivity contribution in [3.8, 4) is 0 Å². The molecular formula is C11H18O4. The summed E-state index contributed by atoms with van der Waals surface area (Å²) in [6.07, 6.45) is 1.79. The van der Waals surface area contributed by atoms with Crippen LogP contribution in [0.5, 0.6) is 0 Å². The summed E-state index contributed by atoms with van der Waals surface area (Å²) < 4.78 is 11.3. The van der Waals surface area contributed by atoms with Crippen LogP contribution >= 0.6 is 0 Å². The fourth-order valence-electron chi connectivity index (χ4n) is 3.39. The molecule has 1 saturated carbocycles. The van der Waals surface area contributed by atoms with Gasteiger partial charge in [-0.2, -0.15) is 0 Å². The van der Waals surface area contributed by atoms with Crippen molar-refractivity contribution in [3.63, 3.8) is 0 Å². The molecule has 2 N–H and O–H groups in total. The Balaban J connectivity index is 1.96. The van der Waals surface area contributed by atoms with E-state index in [-0.39, 0.29) is 18.5 Å². The fraction of sp³-hybridized carbons (Fsp3) is 1.00. The summed E-state index contributed by atoms with van der Waals surface area (Å²) >= 11 is 0. The first-order valence-electron chi connectivity index (χ1n) is 5.87. The Morgan fingerprint density at radius 1 is 1.33 bits per heavy atom. The minimum Gasteiger partial charge on any atom is -0.390 e. The monoisotopic (exact) mass is 214 g/mol. The zero-order chi connectivity index (χ0) is 10.6. The third kappa shape index (κ3) is 1.16. The predicted molar refractivity (Wildman–Crippen MR) is 52.1 cm³/mol. The molecule has 4 bridgehead atoms. The maximum Gasteiger partial charge on any atom is 0.161 e. The van der Waals surface area contributed by atoms with Gasteiger partial charge in [0.05, 0.1) is 18.3 Å². The molecule has 1 aliphatic carbocycles. The molecule has 0 aromatic rings. The topological polar surface area (TPSA) is 58.9 Å². The largest absolute Gasteiger partial charge is 0.390 e. The number of hydrogen-bond acceptors (Lipinski definition) is 4. The van der Waals surface area contributed by atoms with Crippen molar-refractivity contribution >= 4 is 0 Å². The van der Waals surface area contributed by atoms with Crippen LogP contribution in [0.3, 0.4) is 0 Å². The molecule has 15 heavy (non-hydrogen) atoms. The Labute approximate surface area is 89.2 Å². The second-order valence-electron chi connectivity index (χ2n) is 5.00.